The molecule has 3 nitrogen and oxygen atoms in total. The van der Waals surface area contributed by atoms with Crippen LogP contribution in [0.15, 0.2) is 30.3 Å². The molecule has 1 saturated carbocycles. The van der Waals surface area contributed by atoms with Gasteiger partial charge in [-0.15, -0.1) is 0 Å². The summed E-state index contributed by atoms with van der Waals surface area (Å²) in [5.41, 5.74) is 0.618. The second-order valence-electron chi connectivity index (χ2n) is 5.80. The summed E-state index contributed by atoms with van der Waals surface area (Å²) in [6, 6.07) is 10.8. The normalized spacial score (nSPS) is 17.4. The molecule has 0 aliphatic heterocycles. The van der Waals surface area contributed by atoms with E-state index in [9.17, 15) is 9.90 Å². The zero-order valence-electron chi connectivity index (χ0n) is 12.7. The first-order valence-electron chi connectivity index (χ1n) is 7.79. The minimum Gasteiger partial charge on any atom is -0.480 e. The van der Waals surface area contributed by atoms with Gasteiger partial charge in [0.2, 0.25) is 0 Å². The van der Waals surface area contributed by atoms with Crippen molar-refractivity contribution in [3.05, 3.63) is 35.9 Å². The summed E-state index contributed by atoms with van der Waals surface area (Å²) in [5.74, 6) is 1.32. The summed E-state index contributed by atoms with van der Waals surface area (Å²) < 4.78 is 0. The van der Waals surface area contributed by atoms with Gasteiger partial charge in [0, 0.05) is 11.8 Å². The Morgan fingerprint density at radius 3 is 2.67 bits per heavy atom. The van der Waals surface area contributed by atoms with Crippen molar-refractivity contribution < 1.29 is 9.90 Å². The molecular weight excluding hydrogens is 282 g/mol. The molecule has 0 saturated heterocycles. The summed E-state index contributed by atoms with van der Waals surface area (Å²) in [6.07, 6.45) is 4.56. The van der Waals surface area contributed by atoms with Crippen molar-refractivity contribution in [3.63, 3.8) is 0 Å². The topological polar surface area (TPSA) is 49.3 Å². The van der Waals surface area contributed by atoms with Crippen LogP contribution in [-0.4, -0.2) is 28.4 Å². The van der Waals surface area contributed by atoms with Crippen LogP contribution in [0.1, 0.15) is 44.6 Å². The Balaban J connectivity index is 1.72. The molecule has 0 bridgehead atoms. The number of nitrogens with one attached hydrogen (secondary N) is 1. The third kappa shape index (κ3) is 5.04. The number of hydrogen-bond acceptors (Lipinski definition) is 3. The average Bonchev–Trinajstić information content (AvgIpc) is 3.30. The second kappa shape index (κ2) is 7.85. The highest BCUT2D eigenvalue weighted by atomic mass is 32.2. The van der Waals surface area contributed by atoms with Gasteiger partial charge >= 0.3 is 5.97 Å². The van der Waals surface area contributed by atoms with Gasteiger partial charge in [-0.3, -0.25) is 10.1 Å². The van der Waals surface area contributed by atoms with Gasteiger partial charge in [0.1, 0.15) is 5.54 Å². The third-order valence-corrected chi connectivity index (χ3v) is 5.19. The Hall–Kier alpha value is -1.00. The molecule has 21 heavy (non-hydrogen) atoms. The Morgan fingerprint density at radius 1 is 1.38 bits per heavy atom. The first-order valence-corrected chi connectivity index (χ1v) is 8.94. The maximum Gasteiger partial charge on any atom is 0.323 e. The molecule has 0 spiro atoms. The molecule has 0 amide bonds. The molecule has 116 valence electrons. The van der Waals surface area contributed by atoms with E-state index in [1.165, 1.54) is 5.56 Å². The zero-order chi connectivity index (χ0) is 15.1. The lowest BCUT2D eigenvalue weighted by atomic mass is 9.90. The first kappa shape index (κ1) is 16.4. The van der Waals surface area contributed by atoms with E-state index in [0.29, 0.717) is 12.5 Å². The number of benzene rings is 1. The number of aliphatic carboxylic acids is 1. The largest absolute Gasteiger partial charge is 0.480 e. The number of hydrogen-bond donors (Lipinski definition) is 2. The molecule has 1 fully saturated rings. The minimum absolute atomic E-state index is 0.429. The fourth-order valence-corrected chi connectivity index (χ4v) is 3.45. The van der Waals surface area contributed by atoms with Crippen LogP contribution >= 0.6 is 11.8 Å². The predicted molar refractivity (Wildman–Crippen MR) is 88.7 cm³/mol. The van der Waals surface area contributed by atoms with Gasteiger partial charge in [0.15, 0.2) is 0 Å². The zero-order valence-corrected chi connectivity index (χ0v) is 13.5. The van der Waals surface area contributed by atoms with Crippen molar-refractivity contribution in [2.45, 2.75) is 56.4 Å². The first-order chi connectivity index (χ1) is 10.2. The van der Waals surface area contributed by atoms with Crippen molar-refractivity contribution in [3.8, 4) is 0 Å². The summed E-state index contributed by atoms with van der Waals surface area (Å²) >= 11 is 1.88. The van der Waals surface area contributed by atoms with Crippen LogP contribution < -0.4 is 5.32 Å². The van der Waals surface area contributed by atoms with E-state index in [-0.39, 0.29) is 0 Å². The molecule has 0 radical (unpaired) electrons. The molecule has 2 N–H and O–H groups in total. The number of carbonyl (C=O) groups is 1. The number of thioether (sulfide) groups is 1. The second-order valence-corrected chi connectivity index (χ2v) is 6.91. The number of carboxylic acid groups (broad SMARTS) is 1. The average molecular weight is 307 g/mol. The van der Waals surface area contributed by atoms with Gasteiger partial charge in [-0.25, -0.2) is 0 Å². The highest BCUT2D eigenvalue weighted by molar-refractivity contribution is 7.98. The van der Waals surface area contributed by atoms with E-state index in [1.54, 1.807) is 0 Å². The van der Waals surface area contributed by atoms with Crippen LogP contribution in [0.3, 0.4) is 0 Å². The maximum atomic E-state index is 11.6. The van der Waals surface area contributed by atoms with E-state index >= 15 is 0 Å². The maximum absolute atomic E-state index is 11.6. The minimum atomic E-state index is -0.714. The summed E-state index contributed by atoms with van der Waals surface area (Å²) in [7, 11) is 0. The molecule has 0 aromatic heterocycles. The molecule has 1 atom stereocenters. The smallest absolute Gasteiger partial charge is 0.323 e. The Labute approximate surface area is 131 Å². The number of rotatable bonds is 10. The van der Waals surface area contributed by atoms with E-state index in [1.807, 2.05) is 24.8 Å². The van der Waals surface area contributed by atoms with Gasteiger partial charge in [-0.05, 0) is 43.4 Å². The SMILES string of the molecule is CCC(CCCSCc1ccccc1)(NC1CC1)C(=O)O. The Morgan fingerprint density at radius 2 is 2.10 bits per heavy atom. The van der Waals surface area contributed by atoms with Crippen molar-refractivity contribution in [2.24, 2.45) is 0 Å². The van der Waals surface area contributed by atoms with Crippen molar-refractivity contribution in [1.29, 1.82) is 0 Å². The van der Waals surface area contributed by atoms with Crippen molar-refractivity contribution in [1.82, 2.24) is 5.32 Å². The monoisotopic (exact) mass is 307 g/mol. The quantitative estimate of drug-likeness (QED) is 0.647. The molecule has 2 rings (SSSR count). The molecule has 0 heterocycles. The highest BCUT2D eigenvalue weighted by Gasteiger charge is 2.40. The van der Waals surface area contributed by atoms with Gasteiger partial charge < -0.3 is 5.11 Å². The summed E-state index contributed by atoms with van der Waals surface area (Å²) in [5, 5.41) is 12.9. The van der Waals surface area contributed by atoms with Gasteiger partial charge in [-0.1, -0.05) is 37.3 Å². The van der Waals surface area contributed by atoms with Crippen molar-refractivity contribution in [2.75, 3.05) is 5.75 Å². The Bertz CT molecular complexity index is 447. The lowest BCUT2D eigenvalue weighted by Gasteiger charge is -2.29. The van der Waals surface area contributed by atoms with E-state index < -0.39 is 11.5 Å². The van der Waals surface area contributed by atoms with Gasteiger partial charge in [-0.2, -0.15) is 11.8 Å². The molecule has 4 heteroatoms. The molecular formula is C17H25NO2S. The summed E-state index contributed by atoms with van der Waals surface area (Å²) in [4.78, 5) is 11.6. The third-order valence-electron chi connectivity index (χ3n) is 4.07. The fourth-order valence-electron chi connectivity index (χ4n) is 2.53. The van der Waals surface area contributed by atoms with Crippen LogP contribution in [0.4, 0.5) is 0 Å². The van der Waals surface area contributed by atoms with Crippen LogP contribution in [0.25, 0.3) is 0 Å². The van der Waals surface area contributed by atoms with Gasteiger partial charge in [0.25, 0.3) is 0 Å². The molecule has 1 aromatic carbocycles. The predicted octanol–water partition coefficient (Wildman–Crippen LogP) is 3.69. The van der Waals surface area contributed by atoms with Gasteiger partial charge in [0.05, 0.1) is 0 Å². The number of carboxylic acids is 1. The van der Waals surface area contributed by atoms with Crippen LogP contribution in [0.5, 0.6) is 0 Å². The van der Waals surface area contributed by atoms with E-state index in [4.69, 9.17) is 0 Å². The van der Waals surface area contributed by atoms with E-state index in [2.05, 4.69) is 29.6 Å². The molecule has 1 aromatic rings. The van der Waals surface area contributed by atoms with E-state index in [0.717, 1.165) is 37.2 Å². The van der Waals surface area contributed by atoms with Crippen LogP contribution in [-0.2, 0) is 10.5 Å². The summed E-state index contributed by atoms with van der Waals surface area (Å²) in [6.45, 7) is 1.97. The molecule has 1 aliphatic carbocycles. The Kier molecular flexibility index (Phi) is 6.12. The molecule has 1 unspecified atom stereocenters. The van der Waals surface area contributed by atoms with Crippen LogP contribution in [0.2, 0.25) is 0 Å². The van der Waals surface area contributed by atoms with Crippen molar-refractivity contribution >= 4 is 17.7 Å². The molecule has 1 aliphatic rings. The fraction of sp³-hybridized carbons (Fsp3) is 0.588. The standard InChI is InChI=1S/C17H25NO2S/c1-2-17(16(19)20,18-15-9-10-15)11-6-12-21-13-14-7-4-3-5-8-14/h3-5,7-8,15,18H,2,6,9-13H2,1H3,(H,19,20). The van der Waals surface area contributed by atoms with Crippen LogP contribution in [0, 0.1) is 0 Å². The lowest BCUT2D eigenvalue weighted by molar-refractivity contribution is -0.145. The highest BCUT2D eigenvalue weighted by Crippen LogP contribution is 2.28. The lowest BCUT2D eigenvalue weighted by Crippen LogP contribution is -2.52.